The van der Waals surface area contributed by atoms with Gasteiger partial charge in [0.05, 0.1) is 5.38 Å². The van der Waals surface area contributed by atoms with Crippen LogP contribution in [0.3, 0.4) is 0 Å². The van der Waals surface area contributed by atoms with Crippen LogP contribution in [0.4, 0.5) is 5.69 Å². The molecule has 4 heteroatoms. The summed E-state index contributed by atoms with van der Waals surface area (Å²) < 4.78 is 2.18. The lowest BCUT2D eigenvalue weighted by molar-refractivity contribution is -0.117. The van der Waals surface area contributed by atoms with Crippen LogP contribution in [0.1, 0.15) is 17.8 Å². The van der Waals surface area contributed by atoms with E-state index < -0.39 is 0 Å². The van der Waals surface area contributed by atoms with Gasteiger partial charge in [0.1, 0.15) is 0 Å². The predicted molar refractivity (Wildman–Crippen MR) is 81.9 cm³/mol. The maximum atomic E-state index is 12.0. The van der Waals surface area contributed by atoms with Gasteiger partial charge in [-0.1, -0.05) is 6.07 Å². The van der Waals surface area contributed by atoms with Crippen LogP contribution >= 0.6 is 11.6 Å². The van der Waals surface area contributed by atoms with E-state index in [0.717, 1.165) is 11.4 Å². The summed E-state index contributed by atoms with van der Waals surface area (Å²) in [6.45, 7) is 4.75. The topological polar surface area (TPSA) is 25.2 Å². The van der Waals surface area contributed by atoms with E-state index in [2.05, 4.69) is 36.6 Å². The second-order valence-electron chi connectivity index (χ2n) is 5.28. The molecule has 0 N–H and O–H groups in total. The number of benzene rings is 1. The summed E-state index contributed by atoms with van der Waals surface area (Å²) in [5, 5.41) is -0.0822. The summed E-state index contributed by atoms with van der Waals surface area (Å²) in [5.74, 6) is 0.100. The molecule has 1 aliphatic rings. The Morgan fingerprint density at radius 2 is 1.75 bits per heavy atom. The molecule has 3 rings (SSSR count). The fourth-order valence-electron chi connectivity index (χ4n) is 2.79. The molecule has 1 saturated heterocycles. The Balaban J connectivity index is 2.00. The van der Waals surface area contributed by atoms with Crippen LogP contribution in [0.15, 0.2) is 36.4 Å². The van der Waals surface area contributed by atoms with Gasteiger partial charge in [0, 0.05) is 35.7 Å². The molecule has 1 atom stereocenters. The molecule has 0 spiro atoms. The first kappa shape index (κ1) is 13.3. The second-order valence-corrected chi connectivity index (χ2v) is 5.89. The summed E-state index contributed by atoms with van der Waals surface area (Å²) in [6.07, 6.45) is 0.424. The van der Waals surface area contributed by atoms with E-state index in [0.29, 0.717) is 13.0 Å². The number of aromatic nitrogens is 1. The Labute approximate surface area is 123 Å². The van der Waals surface area contributed by atoms with E-state index in [4.69, 9.17) is 11.6 Å². The lowest BCUT2D eigenvalue weighted by Crippen LogP contribution is -2.24. The van der Waals surface area contributed by atoms with E-state index in [-0.39, 0.29) is 11.3 Å². The number of rotatable bonds is 2. The number of hydrogen-bond donors (Lipinski definition) is 0. The summed E-state index contributed by atoms with van der Waals surface area (Å²) in [7, 11) is 0. The molecule has 0 saturated carbocycles. The third-order valence-electron chi connectivity index (χ3n) is 3.75. The number of amides is 1. The monoisotopic (exact) mass is 288 g/mol. The molecule has 2 heterocycles. The average Bonchev–Trinajstić information content (AvgIpc) is 2.92. The summed E-state index contributed by atoms with van der Waals surface area (Å²) in [6, 6.07) is 12.2. The number of halogens is 1. The quantitative estimate of drug-likeness (QED) is 0.777. The van der Waals surface area contributed by atoms with Crippen molar-refractivity contribution in [3.8, 4) is 5.69 Å². The third-order valence-corrected chi connectivity index (χ3v) is 4.04. The zero-order valence-corrected chi connectivity index (χ0v) is 12.4. The first-order chi connectivity index (χ1) is 9.56. The maximum Gasteiger partial charge on any atom is 0.228 e. The van der Waals surface area contributed by atoms with Gasteiger partial charge in [-0.15, -0.1) is 11.6 Å². The molecule has 1 aliphatic heterocycles. The molecule has 1 amide bonds. The van der Waals surface area contributed by atoms with Crippen LogP contribution in [-0.2, 0) is 4.79 Å². The van der Waals surface area contributed by atoms with Crippen LogP contribution in [0, 0.1) is 13.8 Å². The SMILES string of the molecule is Cc1ccc(C)n1-c1cccc(N2CC(Cl)CC2=O)c1. The van der Waals surface area contributed by atoms with Gasteiger partial charge in [0.2, 0.25) is 5.91 Å². The van der Waals surface area contributed by atoms with Crippen LogP contribution in [0.2, 0.25) is 0 Å². The molecule has 1 aromatic heterocycles. The van der Waals surface area contributed by atoms with E-state index in [1.54, 1.807) is 4.90 Å². The smallest absolute Gasteiger partial charge is 0.228 e. The van der Waals surface area contributed by atoms with Crippen LogP contribution < -0.4 is 4.90 Å². The van der Waals surface area contributed by atoms with Crippen molar-refractivity contribution in [3.05, 3.63) is 47.8 Å². The van der Waals surface area contributed by atoms with E-state index in [9.17, 15) is 4.79 Å². The number of anilines is 1. The fraction of sp³-hybridized carbons (Fsp3) is 0.312. The van der Waals surface area contributed by atoms with Crippen molar-refractivity contribution in [2.45, 2.75) is 25.6 Å². The van der Waals surface area contributed by atoms with Gasteiger partial charge in [0.15, 0.2) is 0 Å². The maximum absolute atomic E-state index is 12.0. The van der Waals surface area contributed by atoms with Crippen molar-refractivity contribution in [2.24, 2.45) is 0 Å². The normalized spacial score (nSPS) is 18.9. The average molecular weight is 289 g/mol. The number of hydrogen-bond acceptors (Lipinski definition) is 1. The van der Waals surface area contributed by atoms with Gasteiger partial charge < -0.3 is 9.47 Å². The number of carbonyl (C=O) groups is 1. The molecule has 1 aromatic carbocycles. The molecular formula is C16H17ClN2O. The van der Waals surface area contributed by atoms with Gasteiger partial charge in [-0.25, -0.2) is 0 Å². The highest BCUT2D eigenvalue weighted by molar-refractivity contribution is 6.24. The summed E-state index contributed by atoms with van der Waals surface area (Å²) in [5.41, 5.74) is 4.36. The molecule has 2 aromatic rings. The third kappa shape index (κ3) is 2.22. The Kier molecular flexibility index (Phi) is 3.30. The standard InChI is InChI=1S/C16H17ClN2O/c1-11-6-7-12(2)19(11)15-5-3-4-14(9-15)18-10-13(17)8-16(18)20/h3-7,9,13H,8,10H2,1-2H3. The first-order valence-corrected chi connectivity index (χ1v) is 7.20. The van der Waals surface area contributed by atoms with E-state index in [1.807, 2.05) is 18.2 Å². The van der Waals surface area contributed by atoms with Crippen LogP contribution in [0.5, 0.6) is 0 Å². The molecular weight excluding hydrogens is 272 g/mol. The minimum absolute atomic E-state index is 0.0822. The largest absolute Gasteiger partial charge is 0.318 e. The molecule has 0 radical (unpaired) electrons. The van der Waals surface area contributed by atoms with Gasteiger partial charge >= 0.3 is 0 Å². The Morgan fingerprint density at radius 3 is 2.35 bits per heavy atom. The lowest BCUT2D eigenvalue weighted by Gasteiger charge is -2.18. The Hall–Kier alpha value is -1.74. The van der Waals surface area contributed by atoms with Crippen LogP contribution in [-0.4, -0.2) is 22.4 Å². The highest BCUT2D eigenvalue weighted by atomic mass is 35.5. The van der Waals surface area contributed by atoms with Gasteiger partial charge in [0.25, 0.3) is 0 Å². The van der Waals surface area contributed by atoms with Crippen molar-refractivity contribution < 1.29 is 4.79 Å². The predicted octanol–water partition coefficient (Wildman–Crippen LogP) is 3.44. The molecule has 3 nitrogen and oxygen atoms in total. The number of nitrogens with zero attached hydrogens (tertiary/aromatic N) is 2. The summed E-state index contributed by atoms with van der Waals surface area (Å²) >= 11 is 6.07. The first-order valence-electron chi connectivity index (χ1n) is 6.76. The Morgan fingerprint density at radius 1 is 1.10 bits per heavy atom. The van der Waals surface area contributed by atoms with Crippen LogP contribution in [0.25, 0.3) is 5.69 Å². The lowest BCUT2D eigenvalue weighted by atomic mass is 10.2. The van der Waals surface area contributed by atoms with Gasteiger partial charge in [-0.3, -0.25) is 4.79 Å². The molecule has 1 unspecified atom stereocenters. The number of carbonyl (C=O) groups excluding carboxylic acids is 1. The molecule has 104 valence electrons. The fourth-order valence-corrected chi connectivity index (χ4v) is 3.06. The van der Waals surface area contributed by atoms with Crippen molar-refractivity contribution in [3.63, 3.8) is 0 Å². The Bertz CT molecular complexity index is 643. The number of aryl methyl sites for hydroxylation is 2. The van der Waals surface area contributed by atoms with Crippen molar-refractivity contribution in [2.75, 3.05) is 11.4 Å². The molecule has 1 fully saturated rings. The molecule has 20 heavy (non-hydrogen) atoms. The van der Waals surface area contributed by atoms with E-state index >= 15 is 0 Å². The van der Waals surface area contributed by atoms with Crippen molar-refractivity contribution in [1.82, 2.24) is 4.57 Å². The number of alkyl halides is 1. The van der Waals surface area contributed by atoms with Gasteiger partial charge in [-0.05, 0) is 44.2 Å². The molecule has 0 bridgehead atoms. The zero-order chi connectivity index (χ0) is 14.3. The van der Waals surface area contributed by atoms with Gasteiger partial charge in [-0.2, -0.15) is 0 Å². The second kappa shape index (κ2) is 4.98. The van der Waals surface area contributed by atoms with Crippen molar-refractivity contribution in [1.29, 1.82) is 0 Å². The highest BCUT2D eigenvalue weighted by Gasteiger charge is 2.29. The minimum atomic E-state index is -0.0822. The van der Waals surface area contributed by atoms with E-state index in [1.165, 1.54) is 11.4 Å². The van der Waals surface area contributed by atoms with Crippen molar-refractivity contribution >= 4 is 23.2 Å². The summed E-state index contributed by atoms with van der Waals surface area (Å²) in [4.78, 5) is 13.7. The highest BCUT2D eigenvalue weighted by Crippen LogP contribution is 2.27. The zero-order valence-electron chi connectivity index (χ0n) is 11.6. The molecule has 0 aliphatic carbocycles. The minimum Gasteiger partial charge on any atom is -0.318 e.